The van der Waals surface area contributed by atoms with Crippen LogP contribution in [0.1, 0.15) is 26.7 Å². The Kier molecular flexibility index (Phi) is 4.03. The van der Waals surface area contributed by atoms with Gasteiger partial charge in [-0.1, -0.05) is 18.2 Å². The first kappa shape index (κ1) is 12.7. The Morgan fingerprint density at radius 1 is 1.39 bits per heavy atom. The number of aromatic amines is 1. The van der Waals surface area contributed by atoms with E-state index in [-0.39, 0.29) is 0 Å². The molecule has 0 bridgehead atoms. The monoisotopic (exact) mass is 244 g/mol. The molecule has 1 aromatic carbocycles. The van der Waals surface area contributed by atoms with E-state index < -0.39 is 0 Å². The van der Waals surface area contributed by atoms with Gasteiger partial charge in [-0.2, -0.15) is 0 Å². The number of carbonyl (C=O) groups is 1. The van der Waals surface area contributed by atoms with Crippen LogP contribution in [0.4, 0.5) is 5.69 Å². The van der Waals surface area contributed by atoms with Gasteiger partial charge in [0.05, 0.1) is 5.69 Å². The highest BCUT2D eigenvalue weighted by Gasteiger charge is 2.15. The van der Waals surface area contributed by atoms with Crippen molar-refractivity contribution in [3.05, 3.63) is 30.5 Å². The van der Waals surface area contributed by atoms with Crippen molar-refractivity contribution >= 4 is 22.9 Å². The van der Waals surface area contributed by atoms with Crippen LogP contribution in [0.5, 0.6) is 0 Å². The van der Waals surface area contributed by atoms with Gasteiger partial charge in [-0.15, -0.1) is 0 Å². The van der Waals surface area contributed by atoms with Gasteiger partial charge in [-0.25, -0.2) is 0 Å². The highest BCUT2D eigenvalue weighted by atomic mass is 16.1. The zero-order valence-electron chi connectivity index (χ0n) is 11.0. The van der Waals surface area contributed by atoms with Gasteiger partial charge in [0.15, 0.2) is 0 Å². The SMILES string of the molecule is CCN(c1c[nH]c2ccccc12)C(C)CCC=O. The molecule has 0 aliphatic heterocycles. The maximum Gasteiger partial charge on any atom is 0.120 e. The molecule has 3 nitrogen and oxygen atoms in total. The van der Waals surface area contributed by atoms with Gasteiger partial charge >= 0.3 is 0 Å². The lowest BCUT2D eigenvalue weighted by molar-refractivity contribution is -0.108. The fraction of sp³-hybridized carbons (Fsp3) is 0.400. The summed E-state index contributed by atoms with van der Waals surface area (Å²) in [5, 5.41) is 1.25. The lowest BCUT2D eigenvalue weighted by atomic mass is 10.1. The van der Waals surface area contributed by atoms with Crippen molar-refractivity contribution in [2.24, 2.45) is 0 Å². The summed E-state index contributed by atoms with van der Waals surface area (Å²) in [6, 6.07) is 8.69. The quantitative estimate of drug-likeness (QED) is 0.791. The van der Waals surface area contributed by atoms with Gasteiger partial charge in [0.2, 0.25) is 0 Å². The van der Waals surface area contributed by atoms with E-state index in [2.05, 4.69) is 48.1 Å². The number of aldehydes is 1. The molecule has 0 amide bonds. The Morgan fingerprint density at radius 2 is 2.17 bits per heavy atom. The smallest absolute Gasteiger partial charge is 0.120 e. The number of hydrogen-bond donors (Lipinski definition) is 1. The molecule has 18 heavy (non-hydrogen) atoms. The average Bonchev–Trinajstić information content (AvgIpc) is 2.81. The zero-order chi connectivity index (χ0) is 13.0. The number of fused-ring (bicyclic) bond motifs is 1. The summed E-state index contributed by atoms with van der Waals surface area (Å²) in [6.07, 6.45) is 4.59. The third kappa shape index (κ3) is 2.40. The molecule has 0 aliphatic carbocycles. The van der Waals surface area contributed by atoms with E-state index in [1.165, 1.54) is 11.1 Å². The third-order valence-corrected chi connectivity index (χ3v) is 3.45. The summed E-state index contributed by atoms with van der Waals surface area (Å²) < 4.78 is 0. The van der Waals surface area contributed by atoms with E-state index in [0.29, 0.717) is 12.5 Å². The number of aromatic nitrogens is 1. The number of H-pyrrole nitrogens is 1. The van der Waals surface area contributed by atoms with Crippen molar-refractivity contribution < 1.29 is 4.79 Å². The molecule has 0 spiro atoms. The predicted octanol–water partition coefficient (Wildman–Crippen LogP) is 3.36. The molecular formula is C15H20N2O. The maximum absolute atomic E-state index is 10.5. The molecule has 1 aromatic heterocycles. The Hall–Kier alpha value is -1.77. The summed E-state index contributed by atoms with van der Waals surface area (Å²) in [5.74, 6) is 0. The molecular weight excluding hydrogens is 224 g/mol. The van der Waals surface area contributed by atoms with E-state index >= 15 is 0 Å². The highest BCUT2D eigenvalue weighted by molar-refractivity contribution is 5.92. The second kappa shape index (κ2) is 5.71. The molecule has 0 aliphatic rings. The van der Waals surface area contributed by atoms with Crippen molar-refractivity contribution in [2.45, 2.75) is 32.7 Å². The van der Waals surface area contributed by atoms with Crippen LogP contribution in [0.2, 0.25) is 0 Å². The van der Waals surface area contributed by atoms with Gasteiger partial charge < -0.3 is 14.7 Å². The van der Waals surface area contributed by atoms with Gasteiger partial charge in [-0.3, -0.25) is 0 Å². The predicted molar refractivity (Wildman–Crippen MR) is 76.1 cm³/mol. The first-order chi connectivity index (χ1) is 8.77. The van der Waals surface area contributed by atoms with Crippen molar-refractivity contribution in [2.75, 3.05) is 11.4 Å². The van der Waals surface area contributed by atoms with E-state index in [1.807, 2.05) is 6.07 Å². The number of nitrogens with one attached hydrogen (secondary N) is 1. The number of nitrogens with zero attached hydrogens (tertiary/aromatic N) is 1. The Labute approximate surface area is 108 Å². The molecule has 2 rings (SSSR count). The van der Waals surface area contributed by atoms with E-state index in [9.17, 15) is 4.79 Å². The molecule has 0 radical (unpaired) electrons. The van der Waals surface area contributed by atoms with E-state index in [0.717, 1.165) is 24.8 Å². The molecule has 0 fully saturated rings. The van der Waals surface area contributed by atoms with Gasteiger partial charge in [-0.05, 0) is 26.3 Å². The number of anilines is 1. The molecule has 1 heterocycles. The van der Waals surface area contributed by atoms with Crippen molar-refractivity contribution in [3.8, 4) is 0 Å². The Bertz CT molecular complexity index is 518. The van der Waals surface area contributed by atoms with Crippen LogP contribution in [0, 0.1) is 0 Å². The summed E-state index contributed by atoms with van der Waals surface area (Å²) >= 11 is 0. The standard InChI is InChI=1S/C15H20N2O/c1-3-17(12(2)7-6-10-18)15-11-16-14-9-5-4-8-13(14)15/h4-5,8-12,16H,3,6-7H2,1-2H3. The molecule has 0 saturated carbocycles. The van der Waals surface area contributed by atoms with Crippen LogP contribution in [0.25, 0.3) is 10.9 Å². The van der Waals surface area contributed by atoms with Crippen LogP contribution < -0.4 is 4.90 Å². The molecule has 1 unspecified atom stereocenters. The van der Waals surface area contributed by atoms with Crippen LogP contribution in [0.15, 0.2) is 30.5 Å². The number of para-hydroxylation sites is 1. The molecule has 1 atom stereocenters. The normalized spacial score (nSPS) is 12.6. The Morgan fingerprint density at radius 3 is 2.89 bits per heavy atom. The number of carbonyl (C=O) groups excluding carboxylic acids is 1. The first-order valence-electron chi connectivity index (χ1n) is 6.54. The highest BCUT2D eigenvalue weighted by Crippen LogP contribution is 2.28. The summed E-state index contributed by atoms with van der Waals surface area (Å²) in [7, 11) is 0. The fourth-order valence-electron chi connectivity index (χ4n) is 2.48. The zero-order valence-corrected chi connectivity index (χ0v) is 11.0. The molecule has 0 saturated heterocycles. The topological polar surface area (TPSA) is 36.1 Å². The van der Waals surface area contributed by atoms with Gasteiger partial charge in [0, 0.05) is 36.1 Å². The van der Waals surface area contributed by atoms with E-state index in [1.54, 1.807) is 0 Å². The summed E-state index contributed by atoms with van der Waals surface area (Å²) in [4.78, 5) is 16.1. The molecule has 2 aromatic rings. The van der Waals surface area contributed by atoms with Gasteiger partial charge in [0.1, 0.15) is 6.29 Å². The van der Waals surface area contributed by atoms with Crippen molar-refractivity contribution in [1.29, 1.82) is 0 Å². The van der Waals surface area contributed by atoms with Crippen molar-refractivity contribution in [1.82, 2.24) is 4.98 Å². The fourth-order valence-corrected chi connectivity index (χ4v) is 2.48. The third-order valence-electron chi connectivity index (χ3n) is 3.45. The van der Waals surface area contributed by atoms with Gasteiger partial charge in [0.25, 0.3) is 0 Å². The minimum atomic E-state index is 0.374. The van der Waals surface area contributed by atoms with E-state index in [4.69, 9.17) is 0 Å². The minimum Gasteiger partial charge on any atom is -0.367 e. The van der Waals surface area contributed by atoms with Crippen LogP contribution >= 0.6 is 0 Å². The molecule has 3 heteroatoms. The molecule has 1 N–H and O–H groups in total. The first-order valence-corrected chi connectivity index (χ1v) is 6.54. The second-order valence-corrected chi connectivity index (χ2v) is 4.60. The number of hydrogen-bond acceptors (Lipinski definition) is 2. The number of benzene rings is 1. The lowest BCUT2D eigenvalue weighted by Gasteiger charge is -2.29. The molecule has 96 valence electrons. The summed E-state index contributed by atoms with van der Waals surface area (Å²) in [6.45, 7) is 5.27. The largest absolute Gasteiger partial charge is 0.367 e. The summed E-state index contributed by atoms with van der Waals surface area (Å²) in [5.41, 5.74) is 2.39. The minimum absolute atomic E-state index is 0.374. The lowest BCUT2D eigenvalue weighted by Crippen LogP contribution is -2.32. The second-order valence-electron chi connectivity index (χ2n) is 4.60. The van der Waals surface area contributed by atoms with Crippen LogP contribution in [-0.2, 0) is 4.79 Å². The number of rotatable bonds is 6. The maximum atomic E-state index is 10.5. The van der Waals surface area contributed by atoms with Crippen LogP contribution in [0.3, 0.4) is 0 Å². The van der Waals surface area contributed by atoms with Crippen molar-refractivity contribution in [3.63, 3.8) is 0 Å². The Balaban J connectivity index is 2.29. The average molecular weight is 244 g/mol. The van der Waals surface area contributed by atoms with Crippen LogP contribution in [-0.4, -0.2) is 23.9 Å².